The van der Waals surface area contributed by atoms with Gasteiger partial charge in [0.05, 0.1) is 12.7 Å². The number of hydrogen-bond donors (Lipinski definition) is 0. The molecule has 0 aromatic rings. The molecule has 2 rings (SSSR count). The van der Waals surface area contributed by atoms with Gasteiger partial charge in [0.15, 0.2) is 5.76 Å². The van der Waals surface area contributed by atoms with Crippen LogP contribution in [0.5, 0.6) is 0 Å². The zero-order valence-corrected chi connectivity index (χ0v) is 7.79. The van der Waals surface area contributed by atoms with E-state index in [9.17, 15) is 4.79 Å². The number of ether oxygens (including phenoxy) is 2. The predicted octanol–water partition coefficient (Wildman–Crippen LogP) is 1.43. The molecular formula is C10H14O3. The third-order valence-corrected chi connectivity index (χ3v) is 2.47. The highest BCUT2D eigenvalue weighted by Crippen LogP contribution is 2.23. The maximum atomic E-state index is 11.7. The van der Waals surface area contributed by atoms with E-state index < -0.39 is 0 Å². The van der Waals surface area contributed by atoms with E-state index in [1.165, 1.54) is 0 Å². The lowest BCUT2D eigenvalue weighted by atomic mass is 10.1. The molecule has 13 heavy (non-hydrogen) atoms. The average Bonchev–Trinajstić information content (AvgIpc) is 2.72. The summed E-state index contributed by atoms with van der Waals surface area (Å²) in [5.41, 5.74) is 0. The van der Waals surface area contributed by atoms with Gasteiger partial charge in [-0.1, -0.05) is 0 Å². The fraction of sp³-hybridized carbons (Fsp3) is 0.700. The second-order valence-electron chi connectivity index (χ2n) is 3.58. The van der Waals surface area contributed by atoms with Gasteiger partial charge in [0, 0.05) is 6.42 Å². The minimum atomic E-state index is -0.251. The van der Waals surface area contributed by atoms with Crippen LogP contribution in [0, 0.1) is 0 Å². The van der Waals surface area contributed by atoms with Gasteiger partial charge in [-0.05, 0) is 25.8 Å². The fourth-order valence-electron chi connectivity index (χ4n) is 1.74. The molecule has 0 bridgehead atoms. The first-order chi connectivity index (χ1) is 6.27. The highest BCUT2D eigenvalue weighted by molar-refractivity contribution is 5.97. The van der Waals surface area contributed by atoms with Crippen LogP contribution in [-0.4, -0.2) is 24.6 Å². The standard InChI is InChI=1S/C10H14O3/c1-7-4-5-9(13-7)10(11)8-3-2-6-12-8/h3,7,9H,2,4-6H2,1H3. The van der Waals surface area contributed by atoms with Crippen molar-refractivity contribution in [3.63, 3.8) is 0 Å². The van der Waals surface area contributed by atoms with Crippen molar-refractivity contribution < 1.29 is 14.3 Å². The summed E-state index contributed by atoms with van der Waals surface area (Å²) in [6.45, 7) is 2.64. The summed E-state index contributed by atoms with van der Waals surface area (Å²) in [6.07, 6.45) is 4.48. The molecule has 3 nitrogen and oxygen atoms in total. The molecule has 2 unspecified atom stereocenters. The van der Waals surface area contributed by atoms with Crippen LogP contribution in [-0.2, 0) is 14.3 Å². The van der Waals surface area contributed by atoms with Crippen LogP contribution in [0.15, 0.2) is 11.8 Å². The number of rotatable bonds is 2. The topological polar surface area (TPSA) is 35.5 Å². The molecule has 1 saturated heterocycles. The zero-order valence-electron chi connectivity index (χ0n) is 7.79. The Morgan fingerprint density at radius 1 is 1.54 bits per heavy atom. The van der Waals surface area contributed by atoms with Gasteiger partial charge in [0.2, 0.25) is 5.78 Å². The molecule has 72 valence electrons. The van der Waals surface area contributed by atoms with Gasteiger partial charge in [-0.2, -0.15) is 0 Å². The van der Waals surface area contributed by atoms with Crippen molar-refractivity contribution in [2.75, 3.05) is 6.61 Å². The molecule has 3 heteroatoms. The van der Waals surface area contributed by atoms with Gasteiger partial charge in [-0.25, -0.2) is 0 Å². The first kappa shape index (κ1) is 8.75. The summed E-state index contributed by atoms with van der Waals surface area (Å²) in [6, 6.07) is 0. The van der Waals surface area contributed by atoms with Gasteiger partial charge in [-0.15, -0.1) is 0 Å². The molecule has 2 heterocycles. The normalized spacial score (nSPS) is 32.8. The Bertz CT molecular complexity index is 245. The number of Topliss-reactive ketones (excluding diaryl/α,β-unsaturated/α-hetero) is 1. The smallest absolute Gasteiger partial charge is 0.225 e. The molecule has 0 aliphatic carbocycles. The van der Waals surface area contributed by atoms with Crippen molar-refractivity contribution in [2.24, 2.45) is 0 Å². The van der Waals surface area contributed by atoms with E-state index >= 15 is 0 Å². The Morgan fingerprint density at radius 2 is 2.38 bits per heavy atom. The van der Waals surface area contributed by atoms with Gasteiger partial charge < -0.3 is 9.47 Å². The SMILES string of the molecule is CC1CCC(C(=O)C2=CCCO2)O1. The Kier molecular flexibility index (Phi) is 2.36. The maximum Gasteiger partial charge on any atom is 0.225 e. The lowest BCUT2D eigenvalue weighted by molar-refractivity contribution is -0.128. The van der Waals surface area contributed by atoms with Crippen LogP contribution in [0.2, 0.25) is 0 Å². The average molecular weight is 182 g/mol. The van der Waals surface area contributed by atoms with Crippen LogP contribution in [0.3, 0.4) is 0 Å². The molecule has 0 N–H and O–H groups in total. The van der Waals surface area contributed by atoms with E-state index in [4.69, 9.17) is 9.47 Å². The summed E-state index contributed by atoms with van der Waals surface area (Å²) in [7, 11) is 0. The molecule has 0 aromatic carbocycles. The molecule has 2 aliphatic heterocycles. The Hall–Kier alpha value is -0.830. The summed E-state index contributed by atoms with van der Waals surface area (Å²) in [5, 5.41) is 0. The van der Waals surface area contributed by atoms with Crippen LogP contribution in [0.4, 0.5) is 0 Å². The second kappa shape index (κ2) is 3.50. The lowest BCUT2D eigenvalue weighted by Crippen LogP contribution is -2.22. The third kappa shape index (κ3) is 1.75. The Labute approximate surface area is 77.7 Å². The van der Waals surface area contributed by atoms with Crippen LogP contribution < -0.4 is 0 Å². The monoisotopic (exact) mass is 182 g/mol. The predicted molar refractivity (Wildman–Crippen MR) is 47.2 cm³/mol. The van der Waals surface area contributed by atoms with E-state index in [1.54, 1.807) is 0 Å². The second-order valence-corrected chi connectivity index (χ2v) is 3.58. The quantitative estimate of drug-likeness (QED) is 0.648. The molecule has 0 spiro atoms. The van der Waals surface area contributed by atoms with Crippen molar-refractivity contribution in [2.45, 2.75) is 38.4 Å². The van der Waals surface area contributed by atoms with Crippen molar-refractivity contribution in [1.82, 2.24) is 0 Å². The van der Waals surface area contributed by atoms with Crippen LogP contribution >= 0.6 is 0 Å². The fourth-order valence-corrected chi connectivity index (χ4v) is 1.74. The van der Waals surface area contributed by atoms with Gasteiger partial charge in [0.25, 0.3) is 0 Å². The number of ketones is 1. The van der Waals surface area contributed by atoms with E-state index in [0.717, 1.165) is 19.3 Å². The van der Waals surface area contributed by atoms with E-state index in [-0.39, 0.29) is 18.0 Å². The highest BCUT2D eigenvalue weighted by Gasteiger charge is 2.31. The molecular weight excluding hydrogens is 168 g/mol. The van der Waals surface area contributed by atoms with Crippen LogP contribution in [0.1, 0.15) is 26.2 Å². The minimum Gasteiger partial charge on any atom is -0.490 e. The Balaban J connectivity index is 1.97. The van der Waals surface area contributed by atoms with E-state index in [1.807, 2.05) is 13.0 Å². The largest absolute Gasteiger partial charge is 0.490 e. The third-order valence-electron chi connectivity index (χ3n) is 2.47. The molecule has 2 aliphatic rings. The number of carbonyl (C=O) groups excluding carboxylic acids is 1. The zero-order chi connectivity index (χ0) is 9.26. The minimum absolute atomic E-state index is 0.0295. The first-order valence-corrected chi connectivity index (χ1v) is 4.80. The molecule has 0 radical (unpaired) electrons. The highest BCUT2D eigenvalue weighted by atomic mass is 16.5. The molecule has 2 atom stereocenters. The lowest BCUT2D eigenvalue weighted by Gasteiger charge is -2.10. The van der Waals surface area contributed by atoms with Crippen molar-refractivity contribution in [3.05, 3.63) is 11.8 Å². The van der Waals surface area contributed by atoms with E-state index in [0.29, 0.717) is 12.4 Å². The molecule has 0 saturated carbocycles. The summed E-state index contributed by atoms with van der Waals surface area (Å²) in [4.78, 5) is 11.7. The van der Waals surface area contributed by atoms with Crippen molar-refractivity contribution in [1.29, 1.82) is 0 Å². The van der Waals surface area contributed by atoms with Crippen molar-refractivity contribution in [3.8, 4) is 0 Å². The number of hydrogen-bond acceptors (Lipinski definition) is 3. The summed E-state index contributed by atoms with van der Waals surface area (Å²) in [5.74, 6) is 0.543. The van der Waals surface area contributed by atoms with Crippen molar-refractivity contribution >= 4 is 5.78 Å². The Morgan fingerprint density at radius 3 is 2.92 bits per heavy atom. The number of carbonyl (C=O) groups is 1. The van der Waals surface area contributed by atoms with Gasteiger partial charge in [0.1, 0.15) is 6.10 Å². The summed E-state index contributed by atoms with van der Waals surface area (Å²) >= 11 is 0. The maximum absolute atomic E-state index is 11.7. The van der Waals surface area contributed by atoms with Gasteiger partial charge >= 0.3 is 0 Å². The summed E-state index contributed by atoms with van der Waals surface area (Å²) < 4.78 is 10.7. The van der Waals surface area contributed by atoms with Gasteiger partial charge in [-0.3, -0.25) is 4.79 Å². The molecule has 0 amide bonds. The molecule has 0 aromatic heterocycles. The molecule has 1 fully saturated rings. The first-order valence-electron chi connectivity index (χ1n) is 4.80. The van der Waals surface area contributed by atoms with Crippen LogP contribution in [0.25, 0.3) is 0 Å². The van der Waals surface area contributed by atoms with E-state index in [2.05, 4.69) is 0 Å².